The topological polar surface area (TPSA) is 109 Å². The fourth-order valence-electron chi connectivity index (χ4n) is 6.34. The Morgan fingerprint density at radius 1 is 1.02 bits per heavy atom. The predicted molar refractivity (Wildman–Crippen MR) is 158 cm³/mol. The molecule has 3 amide bonds. The summed E-state index contributed by atoms with van der Waals surface area (Å²) in [4.78, 5) is 44.8. The Kier molecular flexibility index (Phi) is 10.1. The standard InChI is InChI=1S/C32H48N4O6/c1-32(2,3)13-14-35-15-16-36-26(21-35)30(38)33-20-28-25(34-29(37)22-10-17-40-18-11-22)9-8-23(42-28)12-19-41-27-7-5-4-6-24(27)31(36)39/h4-7,22-23,25-26,28H,8-21H2,1-3H3,(H,33,38)(H,34,37)/t23-,25+,26-,28+/m0/s1. The Balaban J connectivity index is 1.35. The second-order valence-corrected chi connectivity index (χ2v) is 13.4. The van der Waals surface area contributed by atoms with Crippen molar-refractivity contribution < 1.29 is 28.6 Å². The highest BCUT2D eigenvalue weighted by Crippen LogP contribution is 2.27. The molecule has 232 valence electrons. The molecule has 42 heavy (non-hydrogen) atoms. The van der Waals surface area contributed by atoms with Gasteiger partial charge in [0.2, 0.25) is 11.8 Å². The minimum atomic E-state index is -0.642. The van der Waals surface area contributed by atoms with E-state index in [1.165, 1.54) is 0 Å². The van der Waals surface area contributed by atoms with Crippen LogP contribution in [0.4, 0.5) is 0 Å². The number of rotatable bonds is 4. The third-order valence-electron chi connectivity index (χ3n) is 9.03. The van der Waals surface area contributed by atoms with E-state index in [9.17, 15) is 14.4 Å². The Bertz CT molecular complexity index is 1100. The van der Waals surface area contributed by atoms with Crippen molar-refractivity contribution in [2.45, 2.75) is 83.6 Å². The van der Waals surface area contributed by atoms with Gasteiger partial charge in [-0.3, -0.25) is 19.3 Å². The molecule has 4 aliphatic rings. The number of hydrogen-bond acceptors (Lipinski definition) is 7. The van der Waals surface area contributed by atoms with E-state index in [4.69, 9.17) is 14.2 Å². The van der Waals surface area contributed by atoms with Gasteiger partial charge in [0.05, 0.1) is 30.4 Å². The van der Waals surface area contributed by atoms with Gasteiger partial charge >= 0.3 is 0 Å². The average Bonchev–Trinajstić information content (AvgIpc) is 2.99. The summed E-state index contributed by atoms with van der Waals surface area (Å²) < 4.78 is 18.1. The van der Waals surface area contributed by atoms with Gasteiger partial charge in [-0.25, -0.2) is 0 Å². The fraction of sp³-hybridized carbons (Fsp3) is 0.719. The highest BCUT2D eigenvalue weighted by Gasteiger charge is 2.39. The van der Waals surface area contributed by atoms with Gasteiger partial charge in [-0.1, -0.05) is 32.9 Å². The fourth-order valence-corrected chi connectivity index (χ4v) is 6.34. The van der Waals surface area contributed by atoms with Crippen LogP contribution < -0.4 is 15.4 Å². The van der Waals surface area contributed by atoms with E-state index in [1.54, 1.807) is 11.0 Å². The molecule has 0 radical (unpaired) electrons. The summed E-state index contributed by atoms with van der Waals surface area (Å²) in [7, 11) is 0. The van der Waals surface area contributed by atoms with Crippen LogP contribution in [0.5, 0.6) is 5.75 Å². The lowest BCUT2D eigenvalue weighted by Gasteiger charge is -2.42. The normalized spacial score (nSPS) is 28.5. The number of piperazine rings is 1. The maximum atomic E-state index is 13.9. The third-order valence-corrected chi connectivity index (χ3v) is 9.03. The SMILES string of the molecule is CC(C)(C)CCN1CCN2C(=O)c3ccccc3OCC[C@@H]3CC[C@@H](NC(=O)C4CCOCC4)[C@@H](CNC(=O)[C@@H]2C1)O3. The van der Waals surface area contributed by atoms with Gasteiger partial charge in [0.15, 0.2) is 0 Å². The number of amides is 3. The molecule has 4 heterocycles. The molecule has 1 aromatic carbocycles. The largest absolute Gasteiger partial charge is 0.493 e. The molecule has 4 atom stereocenters. The zero-order valence-electron chi connectivity index (χ0n) is 25.4. The quantitative estimate of drug-likeness (QED) is 0.560. The zero-order valence-corrected chi connectivity index (χ0v) is 25.4. The van der Waals surface area contributed by atoms with Crippen LogP contribution in [0.2, 0.25) is 0 Å². The summed E-state index contributed by atoms with van der Waals surface area (Å²) in [5.41, 5.74) is 0.655. The maximum absolute atomic E-state index is 13.9. The Morgan fingerprint density at radius 3 is 2.60 bits per heavy atom. The van der Waals surface area contributed by atoms with Gasteiger partial charge < -0.3 is 29.7 Å². The Labute approximate surface area is 249 Å². The van der Waals surface area contributed by atoms with Crippen molar-refractivity contribution >= 4 is 17.7 Å². The van der Waals surface area contributed by atoms with Crippen LogP contribution in [-0.4, -0.2) is 104 Å². The molecule has 2 N–H and O–H groups in total. The van der Waals surface area contributed by atoms with E-state index in [2.05, 4.69) is 36.3 Å². The van der Waals surface area contributed by atoms with Crippen LogP contribution in [0, 0.1) is 11.3 Å². The van der Waals surface area contributed by atoms with Gasteiger partial charge in [-0.05, 0) is 56.2 Å². The van der Waals surface area contributed by atoms with Gasteiger partial charge in [-0.15, -0.1) is 0 Å². The molecule has 10 nitrogen and oxygen atoms in total. The van der Waals surface area contributed by atoms with Gasteiger partial charge in [0.1, 0.15) is 11.8 Å². The molecule has 3 fully saturated rings. The number of carbonyl (C=O) groups excluding carboxylic acids is 3. The molecule has 2 bridgehead atoms. The number of fused-ring (bicyclic) bond motifs is 4. The van der Waals surface area contributed by atoms with Crippen molar-refractivity contribution in [2.75, 3.05) is 52.5 Å². The van der Waals surface area contributed by atoms with E-state index in [1.807, 2.05) is 18.2 Å². The van der Waals surface area contributed by atoms with Crippen molar-refractivity contribution in [1.29, 1.82) is 0 Å². The van der Waals surface area contributed by atoms with Gasteiger partial charge in [0.25, 0.3) is 5.91 Å². The van der Waals surface area contributed by atoms with Gasteiger partial charge in [0, 0.05) is 51.7 Å². The van der Waals surface area contributed by atoms with Crippen molar-refractivity contribution in [3.8, 4) is 5.75 Å². The monoisotopic (exact) mass is 584 g/mol. The summed E-state index contributed by atoms with van der Waals surface area (Å²) in [6, 6.07) is 6.46. The molecule has 0 saturated carbocycles. The number of para-hydroxylation sites is 1. The van der Waals surface area contributed by atoms with Crippen molar-refractivity contribution in [3.63, 3.8) is 0 Å². The number of nitrogens with zero attached hydrogens (tertiary/aromatic N) is 2. The zero-order chi connectivity index (χ0) is 29.7. The molecular weight excluding hydrogens is 536 g/mol. The van der Waals surface area contributed by atoms with Gasteiger partial charge in [-0.2, -0.15) is 0 Å². The van der Waals surface area contributed by atoms with Crippen LogP contribution in [0.3, 0.4) is 0 Å². The Hall–Kier alpha value is -2.69. The minimum absolute atomic E-state index is 0.0366. The average molecular weight is 585 g/mol. The van der Waals surface area contributed by atoms with Crippen LogP contribution >= 0.6 is 0 Å². The summed E-state index contributed by atoms with van der Waals surface area (Å²) in [5.74, 6) is 0.132. The second kappa shape index (κ2) is 13.7. The smallest absolute Gasteiger partial charge is 0.258 e. The van der Waals surface area contributed by atoms with Crippen molar-refractivity contribution in [2.24, 2.45) is 11.3 Å². The lowest BCUT2D eigenvalue weighted by molar-refractivity contribution is -0.134. The highest BCUT2D eigenvalue weighted by molar-refractivity contribution is 6.00. The van der Waals surface area contributed by atoms with E-state index >= 15 is 0 Å². The van der Waals surface area contributed by atoms with E-state index in [0.717, 1.165) is 38.6 Å². The number of benzene rings is 1. The summed E-state index contributed by atoms with van der Waals surface area (Å²) in [5, 5.41) is 6.36. The first kappa shape index (κ1) is 30.8. The molecule has 0 aromatic heterocycles. The molecule has 4 aliphatic heterocycles. The predicted octanol–water partition coefficient (Wildman–Crippen LogP) is 2.61. The van der Waals surface area contributed by atoms with Crippen LogP contribution in [0.15, 0.2) is 24.3 Å². The highest BCUT2D eigenvalue weighted by atomic mass is 16.5. The number of hydrogen-bond donors (Lipinski definition) is 2. The summed E-state index contributed by atoms with van der Waals surface area (Å²) in [6.07, 6.45) is 4.22. The summed E-state index contributed by atoms with van der Waals surface area (Å²) in [6.45, 7) is 11.0. The molecule has 0 spiro atoms. The molecule has 10 heteroatoms. The molecule has 0 aliphatic carbocycles. The number of nitrogens with one attached hydrogen (secondary N) is 2. The number of carbonyl (C=O) groups is 3. The molecule has 1 aromatic rings. The molecular formula is C32H48N4O6. The van der Waals surface area contributed by atoms with Crippen LogP contribution in [0.25, 0.3) is 0 Å². The molecule has 5 rings (SSSR count). The lowest BCUT2D eigenvalue weighted by Crippen LogP contribution is -2.62. The van der Waals surface area contributed by atoms with E-state index in [0.29, 0.717) is 57.2 Å². The molecule has 3 saturated heterocycles. The minimum Gasteiger partial charge on any atom is -0.493 e. The Morgan fingerprint density at radius 2 is 1.81 bits per heavy atom. The second-order valence-electron chi connectivity index (χ2n) is 13.4. The lowest BCUT2D eigenvalue weighted by atomic mass is 9.92. The first-order valence-electron chi connectivity index (χ1n) is 15.7. The summed E-state index contributed by atoms with van der Waals surface area (Å²) >= 11 is 0. The molecule has 0 unspecified atom stereocenters. The third kappa shape index (κ3) is 7.82. The van der Waals surface area contributed by atoms with Crippen LogP contribution in [0.1, 0.15) is 69.7 Å². The van der Waals surface area contributed by atoms with E-state index < -0.39 is 6.04 Å². The first-order valence-corrected chi connectivity index (χ1v) is 15.7. The number of ether oxygens (including phenoxy) is 3. The van der Waals surface area contributed by atoms with E-state index in [-0.39, 0.29) is 53.8 Å². The van der Waals surface area contributed by atoms with Crippen LogP contribution in [-0.2, 0) is 19.1 Å². The maximum Gasteiger partial charge on any atom is 0.258 e. The van der Waals surface area contributed by atoms with Crippen molar-refractivity contribution in [1.82, 2.24) is 20.4 Å². The first-order chi connectivity index (χ1) is 20.2. The van der Waals surface area contributed by atoms with Crippen molar-refractivity contribution in [3.05, 3.63) is 29.8 Å².